The van der Waals surface area contributed by atoms with E-state index in [0.717, 1.165) is 5.56 Å². The summed E-state index contributed by atoms with van der Waals surface area (Å²) in [5.74, 6) is -1.74. The molecule has 1 atom stereocenters. The fourth-order valence-corrected chi connectivity index (χ4v) is 1.83. The van der Waals surface area contributed by atoms with E-state index in [1.54, 1.807) is 38.1 Å². The summed E-state index contributed by atoms with van der Waals surface area (Å²) in [5.41, 5.74) is 1.40. The minimum atomic E-state index is -1.04. The first-order valence-electron chi connectivity index (χ1n) is 6.68. The summed E-state index contributed by atoms with van der Waals surface area (Å²) in [6.07, 6.45) is 0.0941. The fraction of sp³-hybridized carbons (Fsp3) is 0.400. The summed E-state index contributed by atoms with van der Waals surface area (Å²) in [5, 5.41) is 14.2. The summed E-state index contributed by atoms with van der Waals surface area (Å²) in [6.45, 7) is 4.89. The molecule has 1 aromatic carbocycles. The third-order valence-electron chi connectivity index (χ3n) is 2.89. The van der Waals surface area contributed by atoms with Crippen molar-refractivity contribution in [2.75, 3.05) is 5.32 Å². The molecular formula is C15H20N2O4. The number of carboxylic acids is 1. The number of carboxylic acid groups (broad SMARTS) is 1. The average Bonchev–Trinajstić information content (AvgIpc) is 2.37. The number of hydrogen-bond acceptors (Lipinski definition) is 3. The molecular weight excluding hydrogens is 272 g/mol. The normalized spacial score (nSPS) is 11.8. The first-order valence-corrected chi connectivity index (χ1v) is 6.68. The first-order chi connectivity index (χ1) is 9.79. The molecule has 1 aromatic rings. The topological polar surface area (TPSA) is 95.5 Å². The zero-order valence-corrected chi connectivity index (χ0v) is 12.3. The lowest BCUT2D eigenvalue weighted by atomic mass is 10.0. The summed E-state index contributed by atoms with van der Waals surface area (Å²) < 4.78 is 0. The zero-order chi connectivity index (χ0) is 16.0. The van der Waals surface area contributed by atoms with Crippen LogP contribution in [0.1, 0.15) is 26.3 Å². The number of rotatable bonds is 6. The van der Waals surface area contributed by atoms with Crippen LogP contribution in [0.4, 0.5) is 5.69 Å². The molecule has 3 N–H and O–H groups in total. The van der Waals surface area contributed by atoms with Gasteiger partial charge < -0.3 is 15.7 Å². The van der Waals surface area contributed by atoms with Crippen molar-refractivity contribution in [3.05, 3.63) is 29.8 Å². The lowest BCUT2D eigenvalue weighted by molar-refractivity contribution is -0.143. The van der Waals surface area contributed by atoms with Gasteiger partial charge in [-0.3, -0.25) is 9.59 Å². The molecule has 6 nitrogen and oxygen atoms in total. The SMILES string of the molecule is CC(=O)Nc1ccc(CC(=O)N[C@@H](C(=O)O)C(C)C)cc1. The molecule has 114 valence electrons. The number of nitrogens with one attached hydrogen (secondary N) is 2. The standard InChI is InChI=1S/C15H20N2O4/c1-9(2)14(15(20)21)17-13(19)8-11-4-6-12(7-5-11)16-10(3)18/h4-7,9,14H,8H2,1-3H3,(H,16,18)(H,17,19)(H,20,21)/t14-/m1/s1. The third-order valence-corrected chi connectivity index (χ3v) is 2.89. The van der Waals surface area contributed by atoms with Crippen molar-refractivity contribution >= 4 is 23.5 Å². The molecule has 0 aliphatic carbocycles. The molecule has 0 heterocycles. The number of anilines is 1. The van der Waals surface area contributed by atoms with Crippen LogP contribution in [-0.4, -0.2) is 28.9 Å². The monoisotopic (exact) mass is 292 g/mol. The molecule has 0 aromatic heterocycles. The van der Waals surface area contributed by atoms with Crippen LogP contribution in [0.15, 0.2) is 24.3 Å². The van der Waals surface area contributed by atoms with Crippen LogP contribution in [0.3, 0.4) is 0 Å². The molecule has 0 saturated carbocycles. The van der Waals surface area contributed by atoms with Gasteiger partial charge in [-0.1, -0.05) is 26.0 Å². The lowest BCUT2D eigenvalue weighted by Gasteiger charge is -2.17. The van der Waals surface area contributed by atoms with E-state index in [1.165, 1.54) is 6.92 Å². The highest BCUT2D eigenvalue weighted by molar-refractivity contribution is 5.89. The number of amides is 2. The molecule has 0 spiro atoms. The summed E-state index contributed by atoms with van der Waals surface area (Å²) in [4.78, 5) is 33.8. The van der Waals surface area contributed by atoms with Gasteiger partial charge in [0.1, 0.15) is 6.04 Å². The number of aliphatic carboxylic acids is 1. The van der Waals surface area contributed by atoms with Gasteiger partial charge in [0.15, 0.2) is 0 Å². The van der Waals surface area contributed by atoms with Gasteiger partial charge in [0.25, 0.3) is 0 Å². The Morgan fingerprint density at radius 2 is 1.71 bits per heavy atom. The van der Waals surface area contributed by atoms with Crippen molar-refractivity contribution in [3.8, 4) is 0 Å². The molecule has 21 heavy (non-hydrogen) atoms. The Kier molecular flexibility index (Phi) is 5.90. The average molecular weight is 292 g/mol. The van der Waals surface area contributed by atoms with Gasteiger partial charge in [-0.2, -0.15) is 0 Å². The minimum absolute atomic E-state index is 0.0941. The second-order valence-electron chi connectivity index (χ2n) is 5.18. The molecule has 0 fully saturated rings. The Morgan fingerprint density at radius 1 is 1.14 bits per heavy atom. The van der Waals surface area contributed by atoms with Gasteiger partial charge in [-0.15, -0.1) is 0 Å². The molecule has 0 saturated heterocycles. The molecule has 0 aliphatic heterocycles. The largest absolute Gasteiger partial charge is 0.480 e. The van der Waals surface area contributed by atoms with E-state index in [4.69, 9.17) is 5.11 Å². The Bertz CT molecular complexity index is 523. The van der Waals surface area contributed by atoms with Crippen LogP contribution in [0.2, 0.25) is 0 Å². The van der Waals surface area contributed by atoms with E-state index in [1.807, 2.05) is 0 Å². The Morgan fingerprint density at radius 3 is 2.14 bits per heavy atom. The Labute approximate surface area is 123 Å². The van der Waals surface area contributed by atoms with Crippen LogP contribution in [0.5, 0.6) is 0 Å². The van der Waals surface area contributed by atoms with Crippen molar-refractivity contribution in [1.29, 1.82) is 0 Å². The molecule has 6 heteroatoms. The summed E-state index contributed by atoms with van der Waals surface area (Å²) in [6, 6.07) is 5.94. The summed E-state index contributed by atoms with van der Waals surface area (Å²) in [7, 11) is 0. The maximum atomic E-state index is 11.9. The van der Waals surface area contributed by atoms with Crippen LogP contribution < -0.4 is 10.6 Å². The number of hydrogen-bond donors (Lipinski definition) is 3. The summed E-state index contributed by atoms with van der Waals surface area (Å²) >= 11 is 0. The van der Waals surface area contributed by atoms with Crippen molar-refractivity contribution in [1.82, 2.24) is 5.32 Å². The highest BCUT2D eigenvalue weighted by Gasteiger charge is 2.23. The molecule has 0 radical (unpaired) electrons. The van der Waals surface area contributed by atoms with Gasteiger partial charge in [0, 0.05) is 12.6 Å². The highest BCUT2D eigenvalue weighted by Crippen LogP contribution is 2.10. The van der Waals surface area contributed by atoms with Crippen molar-refractivity contribution in [2.24, 2.45) is 5.92 Å². The fourth-order valence-electron chi connectivity index (χ4n) is 1.83. The first kappa shape index (κ1) is 16.7. The lowest BCUT2D eigenvalue weighted by Crippen LogP contribution is -2.44. The van der Waals surface area contributed by atoms with Gasteiger partial charge in [-0.05, 0) is 23.6 Å². The number of carbonyl (C=O) groups is 3. The van der Waals surface area contributed by atoms with E-state index in [-0.39, 0.29) is 24.2 Å². The van der Waals surface area contributed by atoms with Crippen LogP contribution in [0, 0.1) is 5.92 Å². The Hall–Kier alpha value is -2.37. The molecule has 0 bridgehead atoms. The van der Waals surface area contributed by atoms with Crippen molar-refractivity contribution in [3.63, 3.8) is 0 Å². The molecule has 0 unspecified atom stereocenters. The van der Waals surface area contributed by atoms with Crippen LogP contribution >= 0.6 is 0 Å². The van der Waals surface area contributed by atoms with E-state index >= 15 is 0 Å². The van der Waals surface area contributed by atoms with E-state index < -0.39 is 12.0 Å². The van der Waals surface area contributed by atoms with Crippen molar-refractivity contribution in [2.45, 2.75) is 33.2 Å². The molecule has 0 aliphatic rings. The number of benzene rings is 1. The maximum Gasteiger partial charge on any atom is 0.326 e. The Balaban J connectivity index is 2.62. The molecule has 1 rings (SSSR count). The smallest absolute Gasteiger partial charge is 0.326 e. The minimum Gasteiger partial charge on any atom is -0.480 e. The predicted octanol–water partition coefficient (Wildman–Crippen LogP) is 1.41. The zero-order valence-electron chi connectivity index (χ0n) is 12.3. The second kappa shape index (κ2) is 7.42. The van der Waals surface area contributed by atoms with E-state index in [2.05, 4.69) is 10.6 Å². The number of carbonyl (C=O) groups excluding carboxylic acids is 2. The highest BCUT2D eigenvalue weighted by atomic mass is 16.4. The maximum absolute atomic E-state index is 11.9. The van der Waals surface area contributed by atoms with Crippen LogP contribution in [0.25, 0.3) is 0 Å². The third kappa shape index (κ3) is 5.64. The molecule has 2 amide bonds. The predicted molar refractivity (Wildman–Crippen MR) is 78.9 cm³/mol. The van der Waals surface area contributed by atoms with Gasteiger partial charge in [-0.25, -0.2) is 4.79 Å². The van der Waals surface area contributed by atoms with Gasteiger partial charge in [0.05, 0.1) is 6.42 Å². The van der Waals surface area contributed by atoms with E-state index in [9.17, 15) is 14.4 Å². The van der Waals surface area contributed by atoms with E-state index in [0.29, 0.717) is 5.69 Å². The quantitative estimate of drug-likeness (QED) is 0.738. The second-order valence-corrected chi connectivity index (χ2v) is 5.18. The van der Waals surface area contributed by atoms with Crippen molar-refractivity contribution < 1.29 is 19.5 Å². The van der Waals surface area contributed by atoms with Gasteiger partial charge >= 0.3 is 5.97 Å². The van der Waals surface area contributed by atoms with Crippen LogP contribution in [-0.2, 0) is 20.8 Å². The van der Waals surface area contributed by atoms with Gasteiger partial charge in [0.2, 0.25) is 11.8 Å².